The molecule has 4 heteroatoms. The Balaban J connectivity index is 1.62. The average Bonchev–Trinajstić information content (AvgIpc) is 2.72. The zero-order valence-corrected chi connectivity index (χ0v) is 16.6. The van der Waals surface area contributed by atoms with Crippen molar-refractivity contribution in [3.05, 3.63) is 64.7 Å². The van der Waals surface area contributed by atoms with Crippen molar-refractivity contribution in [2.75, 3.05) is 11.4 Å². The van der Waals surface area contributed by atoms with Crippen molar-refractivity contribution in [1.82, 2.24) is 0 Å². The molecule has 2 aromatic carbocycles. The standard InChI is InChI=1S/C24H24ClNO2/c25-19-10-9-18-15-24(22(27)7-4-8-23(24)28)21-13-17(16-5-2-1-3-6-16)11-12-26(21)20(18)14-19/h1-3,5-6,9-10,14,17,21H,4,7-8,11-13,15H2/t17-,21-/m1/s1. The van der Waals surface area contributed by atoms with Crippen molar-refractivity contribution < 1.29 is 9.59 Å². The Hall–Kier alpha value is -2.13. The van der Waals surface area contributed by atoms with Crippen molar-refractivity contribution in [3.63, 3.8) is 0 Å². The van der Waals surface area contributed by atoms with Gasteiger partial charge in [0.05, 0.1) is 0 Å². The van der Waals surface area contributed by atoms with Gasteiger partial charge >= 0.3 is 0 Å². The number of Topliss-reactive ketones (excluding diaryl/α,β-unsaturated/α-hetero) is 2. The topological polar surface area (TPSA) is 37.4 Å². The van der Waals surface area contributed by atoms with E-state index < -0.39 is 5.41 Å². The summed E-state index contributed by atoms with van der Waals surface area (Å²) in [5.41, 5.74) is 2.63. The third-order valence-corrected chi connectivity index (χ3v) is 7.31. The minimum absolute atomic E-state index is 0.0716. The number of hydrogen-bond donors (Lipinski definition) is 0. The zero-order valence-electron chi connectivity index (χ0n) is 15.9. The van der Waals surface area contributed by atoms with Crippen molar-refractivity contribution in [2.24, 2.45) is 5.41 Å². The lowest BCUT2D eigenvalue weighted by molar-refractivity contribution is -0.146. The van der Waals surface area contributed by atoms with Gasteiger partial charge in [-0.05, 0) is 54.9 Å². The van der Waals surface area contributed by atoms with E-state index in [1.165, 1.54) is 5.56 Å². The van der Waals surface area contributed by atoms with Gasteiger partial charge in [0.25, 0.3) is 0 Å². The second kappa shape index (κ2) is 6.73. The predicted molar refractivity (Wildman–Crippen MR) is 111 cm³/mol. The molecule has 3 nitrogen and oxygen atoms in total. The molecule has 2 aromatic rings. The lowest BCUT2D eigenvalue weighted by atomic mass is 9.58. The smallest absolute Gasteiger partial charge is 0.148 e. The van der Waals surface area contributed by atoms with E-state index in [0.717, 1.165) is 30.6 Å². The molecule has 1 spiro atoms. The Labute approximate surface area is 170 Å². The fourth-order valence-corrected chi connectivity index (χ4v) is 5.87. The Morgan fingerprint density at radius 3 is 2.50 bits per heavy atom. The summed E-state index contributed by atoms with van der Waals surface area (Å²) in [4.78, 5) is 28.9. The molecule has 0 unspecified atom stereocenters. The van der Waals surface area contributed by atoms with Gasteiger partial charge in [-0.2, -0.15) is 0 Å². The number of carbonyl (C=O) groups is 2. The van der Waals surface area contributed by atoms with E-state index in [1.807, 2.05) is 24.3 Å². The highest BCUT2D eigenvalue weighted by molar-refractivity contribution is 6.31. The summed E-state index contributed by atoms with van der Waals surface area (Å²) >= 11 is 6.31. The Kier molecular flexibility index (Phi) is 4.31. The van der Waals surface area contributed by atoms with Crippen LogP contribution in [0, 0.1) is 5.41 Å². The van der Waals surface area contributed by atoms with E-state index in [0.29, 0.717) is 36.6 Å². The molecular weight excluding hydrogens is 370 g/mol. The highest BCUT2D eigenvalue weighted by atomic mass is 35.5. The normalized spacial score (nSPS) is 26.1. The van der Waals surface area contributed by atoms with Crippen LogP contribution in [0.15, 0.2) is 48.5 Å². The number of benzene rings is 2. The van der Waals surface area contributed by atoms with Crippen LogP contribution in [-0.2, 0) is 16.0 Å². The Morgan fingerprint density at radius 1 is 1.00 bits per heavy atom. The molecule has 1 aliphatic carbocycles. The number of nitrogens with zero attached hydrogens (tertiary/aromatic N) is 1. The first-order chi connectivity index (χ1) is 13.6. The van der Waals surface area contributed by atoms with Gasteiger partial charge in [0.15, 0.2) is 0 Å². The first-order valence-electron chi connectivity index (χ1n) is 10.3. The number of carbonyl (C=O) groups excluding carboxylic acids is 2. The lowest BCUT2D eigenvalue weighted by Gasteiger charge is -2.54. The molecule has 2 aliphatic heterocycles. The fourth-order valence-electron chi connectivity index (χ4n) is 5.70. The average molecular weight is 394 g/mol. The summed E-state index contributed by atoms with van der Waals surface area (Å²) in [7, 11) is 0. The van der Waals surface area contributed by atoms with E-state index >= 15 is 0 Å². The van der Waals surface area contributed by atoms with E-state index in [4.69, 9.17) is 11.6 Å². The molecule has 3 aliphatic rings. The molecule has 2 heterocycles. The molecule has 0 aromatic heterocycles. The molecule has 1 saturated carbocycles. The third-order valence-electron chi connectivity index (χ3n) is 7.07. The van der Waals surface area contributed by atoms with E-state index in [1.54, 1.807) is 0 Å². The number of anilines is 1. The van der Waals surface area contributed by atoms with Crippen molar-refractivity contribution >= 4 is 28.9 Å². The zero-order chi connectivity index (χ0) is 19.3. The molecule has 144 valence electrons. The maximum Gasteiger partial charge on any atom is 0.148 e. The fraction of sp³-hybridized carbons (Fsp3) is 0.417. The van der Waals surface area contributed by atoms with Gasteiger partial charge in [0.1, 0.15) is 17.0 Å². The first kappa shape index (κ1) is 17.9. The number of hydrogen-bond acceptors (Lipinski definition) is 3. The minimum Gasteiger partial charge on any atom is -0.367 e. The molecule has 28 heavy (non-hydrogen) atoms. The molecule has 0 radical (unpaired) electrons. The largest absolute Gasteiger partial charge is 0.367 e. The SMILES string of the molecule is O=C1CCCC(=O)C12Cc1ccc(Cl)cc1N1CC[C@@H](c3ccccc3)C[C@@H]12. The van der Waals surface area contributed by atoms with Crippen LogP contribution in [0.2, 0.25) is 5.02 Å². The summed E-state index contributed by atoms with van der Waals surface area (Å²) in [6.07, 6.45) is 4.13. The maximum atomic E-state index is 13.3. The van der Waals surface area contributed by atoms with Crippen molar-refractivity contribution in [2.45, 2.75) is 50.5 Å². The summed E-state index contributed by atoms with van der Waals surface area (Å²) in [5.74, 6) is 0.670. The van der Waals surface area contributed by atoms with E-state index in [-0.39, 0.29) is 17.6 Å². The number of fused-ring (bicyclic) bond motifs is 4. The molecule has 5 rings (SSSR count). The summed E-state index contributed by atoms with van der Waals surface area (Å²) < 4.78 is 0. The van der Waals surface area contributed by atoms with Gasteiger partial charge in [-0.3, -0.25) is 9.59 Å². The number of halogens is 1. The second-order valence-electron chi connectivity index (χ2n) is 8.46. The number of rotatable bonds is 1. The van der Waals surface area contributed by atoms with Crippen LogP contribution in [0.25, 0.3) is 0 Å². The highest BCUT2D eigenvalue weighted by Gasteiger charge is 2.58. The lowest BCUT2D eigenvalue weighted by Crippen LogP contribution is -2.63. The molecule has 0 N–H and O–H groups in total. The van der Waals surface area contributed by atoms with Crippen LogP contribution in [0.3, 0.4) is 0 Å². The van der Waals surface area contributed by atoms with Crippen LogP contribution in [0.1, 0.15) is 49.1 Å². The van der Waals surface area contributed by atoms with Crippen LogP contribution in [0.5, 0.6) is 0 Å². The highest BCUT2D eigenvalue weighted by Crippen LogP contribution is 2.51. The second-order valence-corrected chi connectivity index (χ2v) is 8.90. The van der Waals surface area contributed by atoms with Gasteiger partial charge in [-0.15, -0.1) is 0 Å². The molecular formula is C24H24ClNO2. The van der Waals surface area contributed by atoms with Crippen LogP contribution >= 0.6 is 11.6 Å². The molecule has 0 amide bonds. The quantitative estimate of drug-likeness (QED) is 0.643. The number of ketones is 2. The van der Waals surface area contributed by atoms with Gasteiger partial charge in [-0.25, -0.2) is 0 Å². The van der Waals surface area contributed by atoms with E-state index in [9.17, 15) is 9.59 Å². The summed E-state index contributed by atoms with van der Waals surface area (Å²) in [5, 5.41) is 0.708. The maximum absolute atomic E-state index is 13.3. The molecule has 2 atom stereocenters. The van der Waals surface area contributed by atoms with Gasteiger partial charge in [0, 0.05) is 36.1 Å². The monoisotopic (exact) mass is 393 g/mol. The first-order valence-corrected chi connectivity index (χ1v) is 10.6. The van der Waals surface area contributed by atoms with Crippen molar-refractivity contribution in [1.29, 1.82) is 0 Å². The molecule has 2 fully saturated rings. The summed E-state index contributed by atoms with van der Waals surface area (Å²) in [6.45, 7) is 0.847. The van der Waals surface area contributed by atoms with Crippen molar-refractivity contribution in [3.8, 4) is 0 Å². The molecule has 0 bridgehead atoms. The Bertz CT molecular complexity index is 923. The third kappa shape index (κ3) is 2.63. The Morgan fingerprint density at radius 2 is 1.75 bits per heavy atom. The molecule has 1 saturated heterocycles. The van der Waals surface area contributed by atoms with Crippen LogP contribution in [-0.4, -0.2) is 24.2 Å². The summed E-state index contributed by atoms with van der Waals surface area (Å²) in [6, 6.07) is 16.4. The number of piperidine rings is 1. The minimum atomic E-state index is -0.882. The predicted octanol–water partition coefficient (Wildman–Crippen LogP) is 4.96. The van der Waals surface area contributed by atoms with Crippen LogP contribution in [0.4, 0.5) is 5.69 Å². The van der Waals surface area contributed by atoms with Gasteiger partial charge in [-0.1, -0.05) is 48.0 Å². The van der Waals surface area contributed by atoms with Gasteiger partial charge < -0.3 is 4.90 Å². The van der Waals surface area contributed by atoms with Crippen LogP contribution < -0.4 is 4.90 Å². The van der Waals surface area contributed by atoms with Gasteiger partial charge in [0.2, 0.25) is 0 Å². The van der Waals surface area contributed by atoms with E-state index in [2.05, 4.69) is 29.2 Å².